The highest BCUT2D eigenvalue weighted by Gasteiger charge is 2.14. The Bertz CT molecular complexity index is 542. The molecule has 5 nitrogen and oxygen atoms in total. The molecule has 0 saturated carbocycles. The molecule has 0 fully saturated rings. The van der Waals surface area contributed by atoms with Gasteiger partial charge in [0.1, 0.15) is 0 Å². The quantitative estimate of drug-likeness (QED) is 0.766. The molecule has 1 unspecified atom stereocenters. The zero-order valence-corrected chi connectivity index (χ0v) is 13.0. The third kappa shape index (κ3) is 5.07. The molecule has 21 heavy (non-hydrogen) atoms. The van der Waals surface area contributed by atoms with Crippen LogP contribution in [0, 0.1) is 5.92 Å². The van der Waals surface area contributed by atoms with Gasteiger partial charge in [-0.15, -0.1) is 11.3 Å². The summed E-state index contributed by atoms with van der Waals surface area (Å²) in [5.74, 6) is 0.394. The molecule has 2 aromatic rings. The number of rotatable bonds is 6. The normalized spacial score (nSPS) is 12.0. The number of benzene rings is 1. The number of urea groups is 1. The molecule has 0 radical (unpaired) electrons. The van der Waals surface area contributed by atoms with E-state index in [0.29, 0.717) is 17.6 Å². The molecule has 0 aliphatic rings. The summed E-state index contributed by atoms with van der Waals surface area (Å²) in [7, 11) is 0. The van der Waals surface area contributed by atoms with Gasteiger partial charge < -0.3 is 10.6 Å². The molecule has 0 bridgehead atoms. The number of thiazole rings is 1. The predicted molar refractivity (Wildman–Crippen MR) is 87.8 cm³/mol. The first-order chi connectivity index (χ1) is 10.1. The van der Waals surface area contributed by atoms with Crippen LogP contribution in [0.25, 0.3) is 0 Å². The average Bonchev–Trinajstić information content (AvgIpc) is 2.97. The van der Waals surface area contributed by atoms with Crippen LogP contribution in [0.5, 0.6) is 0 Å². The number of nitrogens with one attached hydrogen (secondary N) is 3. The van der Waals surface area contributed by atoms with E-state index in [9.17, 15) is 4.79 Å². The molecule has 2 rings (SSSR count). The standard InChI is InChI=1S/C15H20N4OS/c1-11(2)13(18-12-6-4-3-5-7-12)10-17-14(20)19-15-16-8-9-21-15/h3-9,11,13,18H,10H2,1-2H3,(H2,16,17,19,20). The summed E-state index contributed by atoms with van der Waals surface area (Å²) >= 11 is 1.40. The molecule has 112 valence electrons. The van der Waals surface area contributed by atoms with Crippen molar-refractivity contribution in [1.29, 1.82) is 0 Å². The van der Waals surface area contributed by atoms with Gasteiger partial charge in [0, 0.05) is 29.9 Å². The maximum Gasteiger partial charge on any atom is 0.321 e. The Morgan fingerprint density at radius 1 is 1.29 bits per heavy atom. The number of nitrogens with zero attached hydrogens (tertiary/aromatic N) is 1. The molecule has 1 aromatic carbocycles. The van der Waals surface area contributed by atoms with Crippen molar-refractivity contribution in [2.24, 2.45) is 5.92 Å². The lowest BCUT2D eigenvalue weighted by atomic mass is 10.0. The van der Waals surface area contributed by atoms with Crippen molar-refractivity contribution in [2.75, 3.05) is 17.2 Å². The fourth-order valence-corrected chi connectivity index (χ4v) is 2.35. The molecule has 3 N–H and O–H groups in total. The second-order valence-corrected chi connectivity index (χ2v) is 5.93. The third-order valence-electron chi connectivity index (χ3n) is 3.07. The van der Waals surface area contributed by atoms with Crippen molar-refractivity contribution >= 4 is 28.2 Å². The Morgan fingerprint density at radius 2 is 2.05 bits per heavy atom. The number of anilines is 2. The summed E-state index contributed by atoms with van der Waals surface area (Å²) in [4.78, 5) is 15.8. The van der Waals surface area contributed by atoms with Gasteiger partial charge in [0.2, 0.25) is 0 Å². The molecule has 0 saturated heterocycles. The summed E-state index contributed by atoms with van der Waals surface area (Å²) in [5.41, 5.74) is 1.05. The van der Waals surface area contributed by atoms with E-state index in [2.05, 4.69) is 34.8 Å². The van der Waals surface area contributed by atoms with E-state index in [1.165, 1.54) is 11.3 Å². The van der Waals surface area contributed by atoms with Gasteiger partial charge in [-0.3, -0.25) is 5.32 Å². The lowest BCUT2D eigenvalue weighted by Gasteiger charge is -2.24. The highest BCUT2D eigenvalue weighted by atomic mass is 32.1. The maximum atomic E-state index is 11.8. The molecule has 0 aliphatic carbocycles. The van der Waals surface area contributed by atoms with Crippen molar-refractivity contribution in [1.82, 2.24) is 10.3 Å². The zero-order chi connectivity index (χ0) is 15.1. The number of carbonyl (C=O) groups is 1. The van der Waals surface area contributed by atoms with Crippen LogP contribution in [0.3, 0.4) is 0 Å². The Morgan fingerprint density at radius 3 is 2.67 bits per heavy atom. The molecule has 0 aliphatic heterocycles. The SMILES string of the molecule is CC(C)C(CNC(=O)Nc1nccs1)Nc1ccccc1. The highest BCUT2D eigenvalue weighted by molar-refractivity contribution is 7.13. The van der Waals surface area contributed by atoms with Crippen LogP contribution in [-0.2, 0) is 0 Å². The van der Waals surface area contributed by atoms with Crippen LogP contribution >= 0.6 is 11.3 Å². The van der Waals surface area contributed by atoms with Crippen molar-refractivity contribution in [2.45, 2.75) is 19.9 Å². The molecule has 1 heterocycles. The average molecular weight is 304 g/mol. The summed E-state index contributed by atoms with van der Waals surface area (Å²) in [6.45, 7) is 4.80. The van der Waals surface area contributed by atoms with Crippen molar-refractivity contribution in [3.05, 3.63) is 41.9 Å². The first kappa shape index (κ1) is 15.3. The lowest BCUT2D eigenvalue weighted by Crippen LogP contribution is -2.41. The number of amides is 2. The largest absolute Gasteiger partial charge is 0.380 e. The van der Waals surface area contributed by atoms with Gasteiger partial charge in [-0.25, -0.2) is 9.78 Å². The minimum Gasteiger partial charge on any atom is -0.380 e. The van der Waals surface area contributed by atoms with E-state index in [1.807, 2.05) is 35.7 Å². The van der Waals surface area contributed by atoms with Crippen LogP contribution in [0.15, 0.2) is 41.9 Å². The molecule has 1 atom stereocenters. The predicted octanol–water partition coefficient (Wildman–Crippen LogP) is 3.40. The summed E-state index contributed by atoms with van der Waals surface area (Å²) < 4.78 is 0. The number of para-hydroxylation sites is 1. The van der Waals surface area contributed by atoms with Crippen LogP contribution in [-0.4, -0.2) is 23.6 Å². The second-order valence-electron chi connectivity index (χ2n) is 5.03. The van der Waals surface area contributed by atoms with Crippen LogP contribution in [0.4, 0.5) is 15.6 Å². The highest BCUT2D eigenvalue weighted by Crippen LogP contribution is 2.12. The monoisotopic (exact) mass is 304 g/mol. The maximum absolute atomic E-state index is 11.8. The lowest BCUT2D eigenvalue weighted by molar-refractivity contribution is 0.251. The van der Waals surface area contributed by atoms with Gasteiger partial charge in [-0.1, -0.05) is 32.0 Å². The van der Waals surface area contributed by atoms with Gasteiger partial charge in [0.05, 0.1) is 0 Å². The van der Waals surface area contributed by atoms with Crippen molar-refractivity contribution in [3.63, 3.8) is 0 Å². The Balaban J connectivity index is 1.84. The summed E-state index contributed by atoms with van der Waals surface area (Å²) in [6.07, 6.45) is 1.66. The molecule has 0 spiro atoms. The van der Waals surface area contributed by atoms with Crippen LogP contribution in [0.2, 0.25) is 0 Å². The van der Waals surface area contributed by atoms with Gasteiger partial charge in [0.25, 0.3) is 0 Å². The second kappa shape index (κ2) is 7.64. The van der Waals surface area contributed by atoms with Crippen LogP contribution < -0.4 is 16.0 Å². The minimum absolute atomic E-state index is 0.162. The Hall–Kier alpha value is -2.08. The van der Waals surface area contributed by atoms with Crippen molar-refractivity contribution in [3.8, 4) is 0 Å². The first-order valence-electron chi connectivity index (χ1n) is 6.91. The molecule has 1 aromatic heterocycles. The Labute approximate surface area is 128 Å². The minimum atomic E-state index is -0.231. The van der Waals surface area contributed by atoms with Gasteiger partial charge in [-0.05, 0) is 18.1 Å². The molecular formula is C15H20N4OS. The fourth-order valence-electron chi connectivity index (χ4n) is 1.83. The summed E-state index contributed by atoms with van der Waals surface area (Å²) in [6, 6.07) is 9.93. The zero-order valence-electron chi connectivity index (χ0n) is 12.2. The number of hydrogen-bond acceptors (Lipinski definition) is 4. The van der Waals surface area contributed by atoms with Crippen molar-refractivity contribution < 1.29 is 4.79 Å². The molecular weight excluding hydrogens is 284 g/mol. The van der Waals surface area contributed by atoms with E-state index in [1.54, 1.807) is 6.20 Å². The van der Waals surface area contributed by atoms with Gasteiger partial charge in [0.15, 0.2) is 5.13 Å². The Kier molecular flexibility index (Phi) is 5.57. The van der Waals surface area contributed by atoms with Gasteiger partial charge >= 0.3 is 6.03 Å². The number of carbonyl (C=O) groups excluding carboxylic acids is 1. The van der Waals surface area contributed by atoms with E-state index >= 15 is 0 Å². The number of aromatic nitrogens is 1. The van der Waals surface area contributed by atoms with Gasteiger partial charge in [-0.2, -0.15) is 0 Å². The summed E-state index contributed by atoms with van der Waals surface area (Å²) in [5, 5.41) is 11.4. The van der Waals surface area contributed by atoms with Crippen LogP contribution in [0.1, 0.15) is 13.8 Å². The van der Waals surface area contributed by atoms with E-state index in [4.69, 9.17) is 0 Å². The molecule has 6 heteroatoms. The van der Waals surface area contributed by atoms with E-state index in [-0.39, 0.29) is 12.1 Å². The van der Waals surface area contributed by atoms with E-state index in [0.717, 1.165) is 5.69 Å². The van der Waals surface area contributed by atoms with E-state index < -0.39 is 0 Å². The third-order valence-corrected chi connectivity index (χ3v) is 3.75. The first-order valence-corrected chi connectivity index (χ1v) is 7.79. The smallest absolute Gasteiger partial charge is 0.321 e. The topological polar surface area (TPSA) is 66.0 Å². The number of hydrogen-bond donors (Lipinski definition) is 3. The fraction of sp³-hybridized carbons (Fsp3) is 0.333. The molecule has 2 amide bonds.